The third-order valence-corrected chi connectivity index (χ3v) is 6.36. The Balaban J connectivity index is 2.05. The van der Waals surface area contributed by atoms with Crippen LogP contribution in [0.1, 0.15) is 56.8 Å². The molecule has 0 aliphatic heterocycles. The van der Waals surface area contributed by atoms with E-state index in [0.717, 1.165) is 6.54 Å². The fourth-order valence-electron chi connectivity index (χ4n) is 3.09. The molecule has 2 rings (SSSR count). The molecule has 108 valence electrons. The van der Waals surface area contributed by atoms with Crippen LogP contribution in [0.4, 0.5) is 0 Å². The van der Waals surface area contributed by atoms with Crippen molar-refractivity contribution in [2.24, 2.45) is 7.05 Å². The first kappa shape index (κ1) is 14.9. The summed E-state index contributed by atoms with van der Waals surface area (Å²) in [5.74, 6) is 0. The molecule has 0 amide bonds. The van der Waals surface area contributed by atoms with E-state index in [-0.39, 0.29) is 0 Å². The minimum atomic E-state index is 0.389. The topological polar surface area (TPSA) is 29.9 Å². The van der Waals surface area contributed by atoms with Gasteiger partial charge in [-0.2, -0.15) is 16.9 Å². The van der Waals surface area contributed by atoms with Crippen molar-refractivity contribution in [3.05, 3.63) is 17.5 Å². The van der Waals surface area contributed by atoms with E-state index in [4.69, 9.17) is 0 Å². The van der Waals surface area contributed by atoms with Crippen molar-refractivity contribution in [3.8, 4) is 0 Å². The van der Waals surface area contributed by atoms with Crippen LogP contribution in [0.25, 0.3) is 0 Å². The third-order valence-electron chi connectivity index (χ3n) is 4.77. The van der Waals surface area contributed by atoms with E-state index in [9.17, 15) is 0 Å². The van der Waals surface area contributed by atoms with Crippen molar-refractivity contribution >= 4 is 11.8 Å². The molecular formula is C15H27N3S. The maximum atomic E-state index is 4.42. The van der Waals surface area contributed by atoms with Crippen LogP contribution in [0.15, 0.2) is 6.20 Å². The van der Waals surface area contributed by atoms with Crippen molar-refractivity contribution in [1.29, 1.82) is 0 Å². The number of rotatable bonds is 6. The van der Waals surface area contributed by atoms with Gasteiger partial charge < -0.3 is 5.32 Å². The zero-order chi connectivity index (χ0) is 13.9. The highest BCUT2D eigenvalue weighted by Gasteiger charge is 2.28. The van der Waals surface area contributed by atoms with Gasteiger partial charge in [0.1, 0.15) is 0 Å². The second-order valence-corrected chi connectivity index (χ2v) is 6.86. The molecule has 1 aromatic heterocycles. The van der Waals surface area contributed by atoms with Crippen molar-refractivity contribution in [3.63, 3.8) is 0 Å². The zero-order valence-electron chi connectivity index (χ0n) is 12.7. The van der Waals surface area contributed by atoms with Gasteiger partial charge in [-0.15, -0.1) is 0 Å². The van der Waals surface area contributed by atoms with Gasteiger partial charge in [-0.3, -0.25) is 4.68 Å². The van der Waals surface area contributed by atoms with E-state index < -0.39 is 0 Å². The quantitative estimate of drug-likeness (QED) is 0.867. The number of hydrogen-bond donors (Lipinski definition) is 1. The summed E-state index contributed by atoms with van der Waals surface area (Å²) in [6.45, 7) is 5.70. The van der Waals surface area contributed by atoms with Gasteiger partial charge in [0.25, 0.3) is 0 Å². The summed E-state index contributed by atoms with van der Waals surface area (Å²) in [5, 5.41) is 8.24. The Morgan fingerprint density at radius 1 is 1.47 bits per heavy atom. The van der Waals surface area contributed by atoms with Gasteiger partial charge in [0.2, 0.25) is 0 Å². The van der Waals surface area contributed by atoms with Crippen LogP contribution in [-0.4, -0.2) is 27.3 Å². The van der Waals surface area contributed by atoms with Gasteiger partial charge in [0.05, 0.1) is 6.20 Å². The van der Waals surface area contributed by atoms with Gasteiger partial charge in [-0.05, 0) is 38.4 Å². The summed E-state index contributed by atoms with van der Waals surface area (Å²) in [6, 6.07) is 0.502. The molecule has 0 radical (unpaired) electrons. The zero-order valence-corrected chi connectivity index (χ0v) is 13.5. The van der Waals surface area contributed by atoms with Crippen molar-refractivity contribution in [1.82, 2.24) is 15.1 Å². The van der Waals surface area contributed by atoms with Crippen LogP contribution in [0.5, 0.6) is 0 Å². The summed E-state index contributed by atoms with van der Waals surface area (Å²) in [4.78, 5) is 0. The first-order chi connectivity index (χ1) is 9.15. The molecule has 1 atom stereocenters. The molecular weight excluding hydrogens is 254 g/mol. The number of fused-ring (bicyclic) bond motifs is 1. The molecule has 0 saturated heterocycles. The molecule has 1 unspecified atom stereocenters. The van der Waals surface area contributed by atoms with E-state index in [1.165, 1.54) is 43.4 Å². The number of nitrogens with zero attached hydrogens (tertiary/aromatic N) is 2. The standard InChI is InChI=1S/C15H27N3S/c1-5-15(6-2,19-4)11-16-13-8-7-9-14-12(13)10-17-18(14)3/h10,13,16H,5-9,11H2,1-4H3. The summed E-state index contributed by atoms with van der Waals surface area (Å²) in [7, 11) is 2.06. The molecule has 1 aliphatic rings. The van der Waals surface area contributed by atoms with Crippen molar-refractivity contribution in [2.45, 2.75) is 56.7 Å². The minimum absolute atomic E-state index is 0.389. The molecule has 1 aliphatic carbocycles. The van der Waals surface area contributed by atoms with Crippen molar-refractivity contribution < 1.29 is 0 Å². The van der Waals surface area contributed by atoms with Crippen LogP contribution >= 0.6 is 11.8 Å². The Morgan fingerprint density at radius 2 is 2.21 bits per heavy atom. The Labute approximate surface area is 121 Å². The number of aromatic nitrogens is 2. The Kier molecular flexibility index (Phi) is 4.96. The number of hydrogen-bond acceptors (Lipinski definition) is 3. The minimum Gasteiger partial charge on any atom is -0.308 e. The highest BCUT2D eigenvalue weighted by molar-refractivity contribution is 8.00. The van der Waals surface area contributed by atoms with Gasteiger partial charge in [-0.1, -0.05) is 13.8 Å². The van der Waals surface area contributed by atoms with Crippen LogP contribution in [0.2, 0.25) is 0 Å². The van der Waals surface area contributed by atoms with Crippen molar-refractivity contribution in [2.75, 3.05) is 12.8 Å². The molecule has 0 aromatic carbocycles. The third kappa shape index (κ3) is 3.00. The second kappa shape index (κ2) is 6.31. The molecule has 4 heteroatoms. The summed E-state index contributed by atoms with van der Waals surface area (Å²) < 4.78 is 2.43. The molecule has 0 bridgehead atoms. The summed E-state index contributed by atoms with van der Waals surface area (Å²) in [5.41, 5.74) is 2.85. The normalized spacial score (nSPS) is 19.5. The largest absolute Gasteiger partial charge is 0.308 e. The molecule has 1 aromatic rings. The monoisotopic (exact) mass is 281 g/mol. The highest BCUT2D eigenvalue weighted by atomic mass is 32.2. The SMILES string of the molecule is CCC(CC)(CNC1CCCc2c1cnn2C)SC. The molecule has 0 saturated carbocycles. The molecule has 19 heavy (non-hydrogen) atoms. The Bertz CT molecular complexity index is 401. The first-order valence-corrected chi connectivity index (χ1v) is 8.67. The molecule has 1 heterocycles. The lowest BCUT2D eigenvalue weighted by Gasteiger charge is -2.33. The van der Waals surface area contributed by atoms with Gasteiger partial charge in [-0.25, -0.2) is 0 Å². The lowest BCUT2D eigenvalue weighted by Crippen LogP contribution is -2.39. The van der Waals surface area contributed by atoms with Crippen LogP contribution < -0.4 is 5.32 Å². The summed E-state index contributed by atoms with van der Waals surface area (Å²) in [6.07, 6.45) is 10.5. The number of nitrogens with one attached hydrogen (secondary N) is 1. The van der Waals surface area contributed by atoms with E-state index in [1.807, 2.05) is 16.4 Å². The average molecular weight is 281 g/mol. The lowest BCUT2D eigenvalue weighted by molar-refractivity contribution is 0.407. The lowest BCUT2D eigenvalue weighted by atomic mass is 9.92. The Morgan fingerprint density at radius 3 is 2.84 bits per heavy atom. The van der Waals surface area contributed by atoms with Gasteiger partial charge in [0, 0.05) is 35.6 Å². The number of thioether (sulfide) groups is 1. The van der Waals surface area contributed by atoms with E-state index in [2.05, 4.69) is 43.8 Å². The van der Waals surface area contributed by atoms with E-state index in [0.29, 0.717) is 10.8 Å². The fraction of sp³-hybridized carbons (Fsp3) is 0.800. The maximum Gasteiger partial charge on any atom is 0.0540 e. The first-order valence-electron chi connectivity index (χ1n) is 7.45. The molecule has 0 spiro atoms. The Hall–Kier alpha value is -0.480. The smallest absolute Gasteiger partial charge is 0.0540 e. The van der Waals surface area contributed by atoms with E-state index >= 15 is 0 Å². The molecule has 1 N–H and O–H groups in total. The predicted octanol–water partition coefficient (Wildman–Crippen LogP) is 3.31. The van der Waals surface area contributed by atoms with Gasteiger partial charge >= 0.3 is 0 Å². The second-order valence-electron chi connectivity index (χ2n) is 5.59. The van der Waals surface area contributed by atoms with Crippen LogP contribution in [-0.2, 0) is 13.5 Å². The fourth-order valence-corrected chi connectivity index (χ4v) is 3.89. The van der Waals surface area contributed by atoms with Crippen LogP contribution in [0, 0.1) is 0 Å². The van der Waals surface area contributed by atoms with Crippen LogP contribution in [0.3, 0.4) is 0 Å². The maximum absolute atomic E-state index is 4.42. The predicted molar refractivity (Wildman–Crippen MR) is 83.7 cm³/mol. The summed E-state index contributed by atoms with van der Waals surface area (Å²) >= 11 is 2.01. The van der Waals surface area contributed by atoms with Gasteiger partial charge in [0.15, 0.2) is 0 Å². The highest BCUT2D eigenvalue weighted by Crippen LogP contribution is 2.33. The molecule has 3 nitrogen and oxygen atoms in total. The number of aryl methyl sites for hydroxylation is 1. The van der Waals surface area contributed by atoms with E-state index in [1.54, 1.807) is 0 Å². The average Bonchev–Trinajstić information content (AvgIpc) is 2.84. The molecule has 0 fully saturated rings.